The molecule has 0 aromatic heterocycles. The topological polar surface area (TPSA) is 49.3 Å². The van der Waals surface area contributed by atoms with Gasteiger partial charge in [0.25, 0.3) is 0 Å². The van der Waals surface area contributed by atoms with Gasteiger partial charge >= 0.3 is 5.97 Å². The first-order valence-corrected chi connectivity index (χ1v) is 6.68. The van der Waals surface area contributed by atoms with Crippen LogP contribution in [0.5, 0.6) is 0 Å². The van der Waals surface area contributed by atoms with Crippen LogP contribution >= 0.6 is 15.9 Å². The smallest absolute Gasteiger partial charge is 0.335 e. The standard InChI is InChI=1S/C15H14BrNO2/c1-10-2-7-13(16)14(8-10)17-9-11-3-5-12(6-4-11)15(18)19/h2-8,17H,9H2,1H3,(H,18,19). The zero-order chi connectivity index (χ0) is 13.8. The van der Waals surface area contributed by atoms with Crippen LogP contribution in [0.4, 0.5) is 5.69 Å². The van der Waals surface area contributed by atoms with Crippen LogP contribution < -0.4 is 5.32 Å². The molecule has 0 spiro atoms. The van der Waals surface area contributed by atoms with Crippen LogP contribution in [0.1, 0.15) is 21.5 Å². The van der Waals surface area contributed by atoms with Crippen molar-refractivity contribution in [2.24, 2.45) is 0 Å². The summed E-state index contributed by atoms with van der Waals surface area (Å²) in [5, 5.41) is 12.2. The summed E-state index contributed by atoms with van der Waals surface area (Å²) in [4.78, 5) is 10.8. The van der Waals surface area contributed by atoms with E-state index >= 15 is 0 Å². The van der Waals surface area contributed by atoms with Gasteiger partial charge in [-0.3, -0.25) is 0 Å². The fourth-order valence-corrected chi connectivity index (χ4v) is 2.12. The van der Waals surface area contributed by atoms with Crippen molar-refractivity contribution in [1.29, 1.82) is 0 Å². The number of hydrogen-bond acceptors (Lipinski definition) is 2. The van der Waals surface area contributed by atoms with E-state index in [4.69, 9.17) is 5.11 Å². The molecular formula is C15H14BrNO2. The second kappa shape index (κ2) is 5.89. The van der Waals surface area contributed by atoms with Crippen molar-refractivity contribution >= 4 is 27.6 Å². The molecule has 0 saturated carbocycles. The number of carbonyl (C=O) groups is 1. The van der Waals surface area contributed by atoms with Gasteiger partial charge in [-0.15, -0.1) is 0 Å². The third-order valence-corrected chi connectivity index (χ3v) is 3.50. The number of rotatable bonds is 4. The number of carboxylic acid groups (broad SMARTS) is 1. The van der Waals surface area contributed by atoms with E-state index in [1.165, 1.54) is 5.56 Å². The number of hydrogen-bond donors (Lipinski definition) is 2. The van der Waals surface area contributed by atoms with E-state index < -0.39 is 5.97 Å². The van der Waals surface area contributed by atoms with Crippen molar-refractivity contribution in [2.75, 3.05) is 5.32 Å². The summed E-state index contributed by atoms with van der Waals surface area (Å²) in [5.41, 5.74) is 3.56. The Balaban J connectivity index is 2.06. The van der Waals surface area contributed by atoms with Crippen molar-refractivity contribution in [3.63, 3.8) is 0 Å². The summed E-state index contributed by atoms with van der Waals surface area (Å²) in [5.74, 6) is -0.902. The minimum atomic E-state index is -0.902. The number of halogens is 1. The molecule has 4 heteroatoms. The molecule has 2 rings (SSSR count). The minimum Gasteiger partial charge on any atom is -0.478 e. The van der Waals surface area contributed by atoms with Gasteiger partial charge in [-0.2, -0.15) is 0 Å². The number of nitrogens with one attached hydrogen (secondary N) is 1. The Kier molecular flexibility index (Phi) is 4.22. The third kappa shape index (κ3) is 3.58. The second-order valence-corrected chi connectivity index (χ2v) is 5.19. The summed E-state index contributed by atoms with van der Waals surface area (Å²) < 4.78 is 1.01. The summed E-state index contributed by atoms with van der Waals surface area (Å²) in [6.45, 7) is 2.70. The van der Waals surface area contributed by atoms with Gasteiger partial charge in [0.05, 0.1) is 5.56 Å². The summed E-state index contributed by atoms with van der Waals surface area (Å²) in [6, 6.07) is 13.0. The molecule has 0 fully saturated rings. The molecule has 2 aromatic carbocycles. The maximum atomic E-state index is 10.8. The molecule has 0 radical (unpaired) electrons. The first-order valence-electron chi connectivity index (χ1n) is 5.88. The third-order valence-electron chi connectivity index (χ3n) is 2.81. The molecule has 0 aliphatic heterocycles. The van der Waals surface area contributed by atoms with E-state index in [1.54, 1.807) is 12.1 Å². The van der Waals surface area contributed by atoms with Crippen molar-refractivity contribution in [1.82, 2.24) is 0 Å². The quantitative estimate of drug-likeness (QED) is 0.893. The highest BCUT2D eigenvalue weighted by Crippen LogP contribution is 2.23. The van der Waals surface area contributed by atoms with E-state index in [0.717, 1.165) is 15.7 Å². The van der Waals surface area contributed by atoms with Gasteiger partial charge in [0, 0.05) is 16.7 Å². The number of benzene rings is 2. The van der Waals surface area contributed by atoms with Crippen molar-refractivity contribution in [2.45, 2.75) is 13.5 Å². The van der Waals surface area contributed by atoms with Crippen LogP contribution in [0, 0.1) is 6.92 Å². The fraction of sp³-hybridized carbons (Fsp3) is 0.133. The highest BCUT2D eigenvalue weighted by atomic mass is 79.9. The fourth-order valence-electron chi connectivity index (χ4n) is 1.74. The Bertz CT molecular complexity index is 594. The molecule has 3 nitrogen and oxygen atoms in total. The Morgan fingerprint density at radius 1 is 1.21 bits per heavy atom. The van der Waals surface area contributed by atoms with E-state index in [1.807, 2.05) is 31.2 Å². The van der Waals surface area contributed by atoms with Gasteiger partial charge in [0.1, 0.15) is 0 Å². The van der Waals surface area contributed by atoms with Gasteiger partial charge < -0.3 is 10.4 Å². The van der Waals surface area contributed by atoms with Crippen LogP contribution in [0.3, 0.4) is 0 Å². The zero-order valence-electron chi connectivity index (χ0n) is 10.5. The van der Waals surface area contributed by atoms with Gasteiger partial charge in [-0.1, -0.05) is 18.2 Å². The highest BCUT2D eigenvalue weighted by molar-refractivity contribution is 9.10. The number of aryl methyl sites for hydroxylation is 1. The lowest BCUT2D eigenvalue weighted by atomic mass is 10.1. The van der Waals surface area contributed by atoms with Crippen molar-refractivity contribution in [3.05, 3.63) is 63.6 Å². The normalized spacial score (nSPS) is 10.2. The first-order chi connectivity index (χ1) is 9.06. The van der Waals surface area contributed by atoms with Crippen LogP contribution in [0.2, 0.25) is 0 Å². The van der Waals surface area contributed by atoms with Gasteiger partial charge in [0.15, 0.2) is 0 Å². The van der Waals surface area contributed by atoms with Crippen LogP contribution in [-0.2, 0) is 6.54 Å². The number of aromatic carboxylic acids is 1. The predicted octanol–water partition coefficient (Wildman–Crippen LogP) is 4.07. The minimum absolute atomic E-state index is 0.306. The van der Waals surface area contributed by atoms with Crippen molar-refractivity contribution in [3.8, 4) is 0 Å². The van der Waals surface area contributed by atoms with Crippen LogP contribution in [-0.4, -0.2) is 11.1 Å². The maximum absolute atomic E-state index is 10.8. The molecule has 0 unspecified atom stereocenters. The highest BCUT2D eigenvalue weighted by Gasteiger charge is 2.03. The van der Waals surface area contributed by atoms with E-state index in [2.05, 4.69) is 27.3 Å². The van der Waals surface area contributed by atoms with Gasteiger partial charge in [0.2, 0.25) is 0 Å². The molecule has 0 heterocycles. The van der Waals surface area contributed by atoms with Crippen molar-refractivity contribution < 1.29 is 9.90 Å². The monoisotopic (exact) mass is 319 g/mol. The molecule has 0 saturated heterocycles. The zero-order valence-corrected chi connectivity index (χ0v) is 12.1. The number of carboxylic acids is 1. The Hall–Kier alpha value is -1.81. The molecule has 2 N–H and O–H groups in total. The van der Waals surface area contributed by atoms with E-state index in [9.17, 15) is 4.79 Å². The predicted molar refractivity (Wildman–Crippen MR) is 79.6 cm³/mol. The summed E-state index contributed by atoms with van der Waals surface area (Å²) in [6.07, 6.45) is 0. The molecular weight excluding hydrogens is 306 g/mol. The molecule has 0 atom stereocenters. The molecule has 0 aliphatic rings. The van der Waals surface area contributed by atoms with Gasteiger partial charge in [-0.25, -0.2) is 4.79 Å². The molecule has 2 aromatic rings. The molecule has 0 aliphatic carbocycles. The lowest BCUT2D eigenvalue weighted by Crippen LogP contribution is -2.01. The molecule has 19 heavy (non-hydrogen) atoms. The average molecular weight is 320 g/mol. The lowest BCUT2D eigenvalue weighted by molar-refractivity contribution is 0.0697. The number of anilines is 1. The first kappa shape index (κ1) is 13.6. The van der Waals surface area contributed by atoms with E-state index in [-0.39, 0.29) is 0 Å². The Morgan fingerprint density at radius 3 is 2.53 bits per heavy atom. The summed E-state index contributed by atoms with van der Waals surface area (Å²) >= 11 is 3.49. The van der Waals surface area contributed by atoms with Gasteiger partial charge in [-0.05, 0) is 58.2 Å². The lowest BCUT2D eigenvalue weighted by Gasteiger charge is -2.09. The Morgan fingerprint density at radius 2 is 1.89 bits per heavy atom. The van der Waals surface area contributed by atoms with Crippen LogP contribution in [0.15, 0.2) is 46.9 Å². The Labute approximate surface area is 120 Å². The molecule has 0 bridgehead atoms. The SMILES string of the molecule is Cc1ccc(Br)c(NCc2ccc(C(=O)O)cc2)c1. The molecule has 98 valence electrons. The van der Waals surface area contributed by atoms with E-state index in [0.29, 0.717) is 12.1 Å². The average Bonchev–Trinajstić information content (AvgIpc) is 2.40. The van der Waals surface area contributed by atoms with Crippen LogP contribution in [0.25, 0.3) is 0 Å². The largest absolute Gasteiger partial charge is 0.478 e. The molecule has 0 amide bonds. The maximum Gasteiger partial charge on any atom is 0.335 e. The second-order valence-electron chi connectivity index (χ2n) is 4.34. The summed E-state index contributed by atoms with van der Waals surface area (Å²) in [7, 11) is 0.